The highest BCUT2D eigenvalue weighted by Gasteiger charge is 2.08. The third-order valence-electron chi connectivity index (χ3n) is 3.71. The molecule has 1 aromatic rings. The molecule has 0 aromatic heterocycles. The molecule has 0 saturated heterocycles. The van der Waals surface area contributed by atoms with Crippen molar-refractivity contribution in [2.45, 2.75) is 33.2 Å². The van der Waals surface area contributed by atoms with Gasteiger partial charge in [-0.05, 0) is 37.0 Å². The largest absolute Gasteiger partial charge is 0.356 e. The maximum atomic E-state index is 11.6. The van der Waals surface area contributed by atoms with Gasteiger partial charge in [-0.25, -0.2) is 0 Å². The highest BCUT2D eigenvalue weighted by Crippen LogP contribution is 2.05. The van der Waals surface area contributed by atoms with Crippen molar-refractivity contribution in [3.8, 4) is 0 Å². The zero-order valence-corrected chi connectivity index (χ0v) is 14.2. The lowest BCUT2D eigenvalue weighted by molar-refractivity contribution is 0.0963. The van der Waals surface area contributed by atoms with E-state index in [-0.39, 0.29) is 5.91 Å². The summed E-state index contributed by atoms with van der Waals surface area (Å²) in [5.41, 5.74) is 1.82. The number of hydrogen-bond acceptors (Lipinski definition) is 2. The molecule has 5 heteroatoms. The normalized spacial score (nSPS) is 12.9. The first-order valence-electron chi connectivity index (χ1n) is 7.76. The SMILES string of the molecule is CN=C(NCCc1cccc(C(=O)NC)c1)NC(C)C(C)C. The van der Waals surface area contributed by atoms with Crippen LogP contribution < -0.4 is 16.0 Å². The third-order valence-corrected chi connectivity index (χ3v) is 3.71. The number of carbonyl (C=O) groups excluding carboxylic acids is 1. The Labute approximate surface area is 133 Å². The Hall–Kier alpha value is -2.04. The second-order valence-electron chi connectivity index (χ2n) is 5.71. The van der Waals surface area contributed by atoms with Crippen LogP contribution in [0.15, 0.2) is 29.3 Å². The van der Waals surface area contributed by atoms with Gasteiger partial charge in [-0.3, -0.25) is 9.79 Å². The van der Waals surface area contributed by atoms with Gasteiger partial charge in [0.15, 0.2) is 5.96 Å². The summed E-state index contributed by atoms with van der Waals surface area (Å²) in [6, 6.07) is 8.05. The fourth-order valence-corrected chi connectivity index (χ4v) is 1.91. The van der Waals surface area contributed by atoms with Crippen LogP contribution >= 0.6 is 0 Å². The minimum Gasteiger partial charge on any atom is -0.356 e. The molecule has 1 aromatic carbocycles. The molecule has 0 heterocycles. The molecule has 122 valence electrons. The Morgan fingerprint density at radius 1 is 1.27 bits per heavy atom. The summed E-state index contributed by atoms with van der Waals surface area (Å²) in [6.07, 6.45) is 0.835. The summed E-state index contributed by atoms with van der Waals surface area (Å²) in [5, 5.41) is 9.31. The standard InChI is InChI=1S/C17H28N4O/c1-12(2)13(3)21-17(19-5)20-10-9-14-7-6-8-15(11-14)16(22)18-4/h6-8,11-13H,9-10H2,1-5H3,(H,18,22)(H2,19,20,21). The van der Waals surface area contributed by atoms with Crippen molar-refractivity contribution in [2.24, 2.45) is 10.9 Å². The average Bonchev–Trinajstić information content (AvgIpc) is 2.53. The van der Waals surface area contributed by atoms with E-state index in [0.29, 0.717) is 17.5 Å². The smallest absolute Gasteiger partial charge is 0.251 e. The van der Waals surface area contributed by atoms with Gasteiger partial charge in [0.25, 0.3) is 5.91 Å². The summed E-state index contributed by atoms with van der Waals surface area (Å²) in [5.74, 6) is 1.30. The lowest BCUT2D eigenvalue weighted by Gasteiger charge is -2.20. The zero-order chi connectivity index (χ0) is 16.5. The van der Waals surface area contributed by atoms with Crippen molar-refractivity contribution >= 4 is 11.9 Å². The van der Waals surface area contributed by atoms with E-state index in [1.165, 1.54) is 0 Å². The van der Waals surface area contributed by atoms with E-state index in [1.807, 2.05) is 24.3 Å². The molecule has 0 aliphatic heterocycles. The van der Waals surface area contributed by atoms with E-state index < -0.39 is 0 Å². The molecule has 0 bridgehead atoms. The van der Waals surface area contributed by atoms with Crippen molar-refractivity contribution < 1.29 is 4.79 Å². The molecule has 0 fully saturated rings. The van der Waals surface area contributed by atoms with Crippen LogP contribution in [-0.4, -0.2) is 38.5 Å². The van der Waals surface area contributed by atoms with Crippen molar-refractivity contribution in [1.82, 2.24) is 16.0 Å². The summed E-state index contributed by atoms with van der Waals surface area (Å²) >= 11 is 0. The quantitative estimate of drug-likeness (QED) is 0.554. The molecule has 1 unspecified atom stereocenters. The summed E-state index contributed by atoms with van der Waals surface area (Å²) in [7, 11) is 3.41. The topological polar surface area (TPSA) is 65.5 Å². The number of rotatable bonds is 6. The van der Waals surface area contributed by atoms with Crippen LogP contribution in [0.4, 0.5) is 0 Å². The number of hydrogen-bond donors (Lipinski definition) is 3. The highest BCUT2D eigenvalue weighted by atomic mass is 16.1. The maximum Gasteiger partial charge on any atom is 0.251 e. The Balaban J connectivity index is 2.51. The molecule has 0 spiro atoms. The summed E-state index contributed by atoms with van der Waals surface area (Å²) < 4.78 is 0. The first-order valence-corrected chi connectivity index (χ1v) is 7.76. The molecule has 5 nitrogen and oxygen atoms in total. The molecular formula is C17H28N4O. The van der Waals surface area contributed by atoms with Crippen LogP contribution in [0.2, 0.25) is 0 Å². The monoisotopic (exact) mass is 304 g/mol. The van der Waals surface area contributed by atoms with Crippen LogP contribution in [0.3, 0.4) is 0 Å². The molecular weight excluding hydrogens is 276 g/mol. The third kappa shape index (κ3) is 5.76. The maximum absolute atomic E-state index is 11.6. The molecule has 0 radical (unpaired) electrons. The number of benzene rings is 1. The van der Waals surface area contributed by atoms with E-state index >= 15 is 0 Å². The Morgan fingerprint density at radius 2 is 2.00 bits per heavy atom. The van der Waals surface area contributed by atoms with Gasteiger partial charge in [0.05, 0.1) is 0 Å². The molecule has 0 aliphatic rings. The van der Waals surface area contributed by atoms with Crippen molar-refractivity contribution in [2.75, 3.05) is 20.6 Å². The molecule has 1 rings (SSSR count). The number of aliphatic imine (C=N–C) groups is 1. The van der Waals surface area contributed by atoms with Gasteiger partial charge in [-0.1, -0.05) is 26.0 Å². The lowest BCUT2D eigenvalue weighted by atomic mass is 10.1. The van der Waals surface area contributed by atoms with E-state index in [0.717, 1.165) is 24.5 Å². The van der Waals surface area contributed by atoms with Crippen LogP contribution in [0, 0.1) is 5.92 Å². The first-order chi connectivity index (χ1) is 10.5. The van der Waals surface area contributed by atoms with Crippen LogP contribution in [-0.2, 0) is 6.42 Å². The van der Waals surface area contributed by atoms with Gasteiger partial charge in [0, 0.05) is 32.2 Å². The lowest BCUT2D eigenvalue weighted by Crippen LogP contribution is -2.44. The van der Waals surface area contributed by atoms with E-state index in [1.54, 1.807) is 14.1 Å². The van der Waals surface area contributed by atoms with Gasteiger partial charge in [-0.2, -0.15) is 0 Å². The molecule has 0 saturated carbocycles. The second-order valence-corrected chi connectivity index (χ2v) is 5.71. The molecule has 0 aliphatic carbocycles. The Morgan fingerprint density at radius 3 is 2.59 bits per heavy atom. The number of amides is 1. The fourth-order valence-electron chi connectivity index (χ4n) is 1.91. The molecule has 1 atom stereocenters. The fraction of sp³-hybridized carbons (Fsp3) is 0.529. The Kier molecular flexibility index (Phi) is 7.43. The predicted molar refractivity (Wildman–Crippen MR) is 92.3 cm³/mol. The first kappa shape index (κ1) is 18.0. The number of carbonyl (C=O) groups is 1. The number of guanidine groups is 1. The van der Waals surface area contributed by atoms with Crippen LogP contribution in [0.5, 0.6) is 0 Å². The molecule has 1 amide bonds. The summed E-state index contributed by atoms with van der Waals surface area (Å²) in [6.45, 7) is 7.26. The van der Waals surface area contributed by atoms with Gasteiger partial charge in [0.2, 0.25) is 0 Å². The van der Waals surface area contributed by atoms with Gasteiger partial charge in [0.1, 0.15) is 0 Å². The number of nitrogens with one attached hydrogen (secondary N) is 3. The zero-order valence-electron chi connectivity index (χ0n) is 14.2. The van der Waals surface area contributed by atoms with Crippen molar-refractivity contribution in [1.29, 1.82) is 0 Å². The highest BCUT2D eigenvalue weighted by molar-refractivity contribution is 5.94. The van der Waals surface area contributed by atoms with E-state index in [4.69, 9.17) is 0 Å². The van der Waals surface area contributed by atoms with Gasteiger partial charge < -0.3 is 16.0 Å². The Bertz CT molecular complexity index is 511. The summed E-state index contributed by atoms with van der Waals surface area (Å²) in [4.78, 5) is 15.9. The minimum absolute atomic E-state index is 0.0574. The van der Waals surface area contributed by atoms with Crippen molar-refractivity contribution in [3.63, 3.8) is 0 Å². The molecule has 3 N–H and O–H groups in total. The van der Waals surface area contributed by atoms with Gasteiger partial charge in [-0.15, -0.1) is 0 Å². The van der Waals surface area contributed by atoms with Crippen LogP contribution in [0.1, 0.15) is 36.7 Å². The minimum atomic E-state index is -0.0574. The number of nitrogens with zero attached hydrogens (tertiary/aromatic N) is 1. The van der Waals surface area contributed by atoms with Gasteiger partial charge >= 0.3 is 0 Å². The van der Waals surface area contributed by atoms with E-state index in [2.05, 4.69) is 41.7 Å². The van der Waals surface area contributed by atoms with Crippen LogP contribution in [0.25, 0.3) is 0 Å². The second kappa shape index (κ2) is 9.07. The average molecular weight is 304 g/mol. The molecule has 22 heavy (non-hydrogen) atoms. The van der Waals surface area contributed by atoms with E-state index in [9.17, 15) is 4.79 Å². The van der Waals surface area contributed by atoms with Crippen molar-refractivity contribution in [3.05, 3.63) is 35.4 Å². The predicted octanol–water partition coefficient (Wildman–Crippen LogP) is 1.80.